The van der Waals surface area contributed by atoms with Gasteiger partial charge in [0.2, 0.25) is 0 Å². The summed E-state index contributed by atoms with van der Waals surface area (Å²) in [6.45, 7) is 1.97. The van der Waals surface area contributed by atoms with Gasteiger partial charge in [-0.1, -0.05) is 49.4 Å². The third-order valence-electron chi connectivity index (χ3n) is 5.28. The number of fused-ring (bicyclic) bond motifs is 3. The number of benzene rings is 2. The van der Waals surface area contributed by atoms with Crippen molar-refractivity contribution in [2.45, 2.75) is 25.2 Å². The lowest BCUT2D eigenvalue weighted by atomic mass is 9.75. The van der Waals surface area contributed by atoms with Gasteiger partial charge in [0, 0.05) is 5.56 Å². The number of hydrogen-bond acceptors (Lipinski definition) is 6. The Morgan fingerprint density at radius 2 is 1.66 bits per heavy atom. The molecule has 1 unspecified atom stereocenters. The molecular formula is C23H16N4O2. The van der Waals surface area contributed by atoms with E-state index in [1.54, 1.807) is 24.3 Å². The number of esters is 1. The van der Waals surface area contributed by atoms with Gasteiger partial charge in [-0.05, 0) is 24.1 Å². The third-order valence-corrected chi connectivity index (χ3v) is 5.28. The summed E-state index contributed by atoms with van der Waals surface area (Å²) < 4.78 is 5.53. The van der Waals surface area contributed by atoms with Crippen molar-refractivity contribution < 1.29 is 9.53 Å². The van der Waals surface area contributed by atoms with E-state index in [4.69, 9.17) is 4.74 Å². The Bertz CT molecular complexity index is 1190. The van der Waals surface area contributed by atoms with Crippen LogP contribution in [0, 0.1) is 22.7 Å². The van der Waals surface area contributed by atoms with E-state index in [-0.39, 0.29) is 17.8 Å². The van der Waals surface area contributed by atoms with Crippen LogP contribution in [0.4, 0.5) is 0 Å². The Kier molecular flexibility index (Phi) is 4.54. The van der Waals surface area contributed by atoms with E-state index in [0.717, 1.165) is 11.1 Å². The molecule has 0 amide bonds. The minimum absolute atomic E-state index is 0.0141. The quantitative estimate of drug-likeness (QED) is 0.503. The fourth-order valence-electron chi connectivity index (χ4n) is 3.91. The number of ether oxygens (including phenoxy) is 1. The van der Waals surface area contributed by atoms with Gasteiger partial charge in [0.05, 0.1) is 23.2 Å². The van der Waals surface area contributed by atoms with Crippen LogP contribution in [-0.2, 0) is 10.2 Å². The van der Waals surface area contributed by atoms with Crippen molar-refractivity contribution >= 4 is 5.97 Å². The number of rotatable bonds is 4. The number of aromatic nitrogens is 2. The summed E-state index contributed by atoms with van der Waals surface area (Å²) in [6.07, 6.45) is 0.611. The highest BCUT2D eigenvalue weighted by Gasteiger charge is 2.46. The zero-order valence-electron chi connectivity index (χ0n) is 15.7. The normalized spacial score (nSPS) is 16.2. The maximum atomic E-state index is 12.8. The molecule has 4 rings (SSSR count). The van der Waals surface area contributed by atoms with E-state index in [1.165, 1.54) is 0 Å². The predicted molar refractivity (Wildman–Crippen MR) is 105 cm³/mol. The molecule has 29 heavy (non-hydrogen) atoms. The molecule has 0 spiro atoms. The van der Waals surface area contributed by atoms with Crippen LogP contribution >= 0.6 is 0 Å². The molecule has 6 heteroatoms. The van der Waals surface area contributed by atoms with E-state index in [9.17, 15) is 15.3 Å². The van der Waals surface area contributed by atoms with Crippen molar-refractivity contribution in [2.75, 3.05) is 0 Å². The van der Waals surface area contributed by atoms with Crippen LogP contribution < -0.4 is 4.74 Å². The predicted octanol–water partition coefficient (Wildman–Crippen LogP) is 3.89. The molecule has 0 radical (unpaired) electrons. The maximum Gasteiger partial charge on any atom is 0.312 e. The summed E-state index contributed by atoms with van der Waals surface area (Å²) in [4.78, 5) is 21.8. The van der Waals surface area contributed by atoms with Crippen LogP contribution in [-0.4, -0.2) is 15.9 Å². The van der Waals surface area contributed by atoms with E-state index in [2.05, 4.69) is 9.97 Å². The lowest BCUT2D eigenvalue weighted by Gasteiger charge is -2.28. The molecule has 0 bridgehead atoms. The first kappa shape index (κ1) is 18.3. The molecule has 140 valence electrons. The number of carbonyl (C=O) groups excluding carboxylic acids is 1. The molecule has 1 aliphatic rings. The Hall–Kier alpha value is -4.03. The van der Waals surface area contributed by atoms with Crippen LogP contribution in [0.25, 0.3) is 11.3 Å². The summed E-state index contributed by atoms with van der Waals surface area (Å²) in [5.74, 6) is 0.0734. The van der Waals surface area contributed by atoms with Crippen molar-refractivity contribution in [3.8, 4) is 29.1 Å². The molecule has 0 N–H and O–H groups in total. The van der Waals surface area contributed by atoms with Gasteiger partial charge in [-0.2, -0.15) is 10.5 Å². The SMILES string of the molecule is CCC1(CC(=O)Oc2ccccc2)c2ccccc2-c2nc(C#N)c(C#N)nc21. The van der Waals surface area contributed by atoms with Crippen LogP contribution in [0.15, 0.2) is 54.6 Å². The van der Waals surface area contributed by atoms with E-state index >= 15 is 0 Å². The average molecular weight is 380 g/mol. The van der Waals surface area contributed by atoms with Crippen LogP contribution in [0.1, 0.15) is 42.4 Å². The molecule has 0 fully saturated rings. The third kappa shape index (κ3) is 2.92. The van der Waals surface area contributed by atoms with Gasteiger partial charge in [0.15, 0.2) is 11.4 Å². The highest BCUT2D eigenvalue weighted by Crippen LogP contribution is 2.51. The van der Waals surface area contributed by atoms with Gasteiger partial charge in [-0.25, -0.2) is 9.97 Å². The van der Waals surface area contributed by atoms with Gasteiger partial charge >= 0.3 is 5.97 Å². The second kappa shape index (κ2) is 7.18. The molecule has 0 saturated heterocycles. The summed E-state index contributed by atoms with van der Waals surface area (Å²) >= 11 is 0. The second-order valence-electron chi connectivity index (χ2n) is 6.79. The molecule has 1 heterocycles. The van der Waals surface area contributed by atoms with E-state index in [0.29, 0.717) is 23.6 Å². The average Bonchev–Trinajstić information content (AvgIpc) is 3.02. The zero-order chi connectivity index (χ0) is 20.4. The van der Waals surface area contributed by atoms with Crippen LogP contribution in [0.5, 0.6) is 5.75 Å². The first-order valence-corrected chi connectivity index (χ1v) is 9.21. The Morgan fingerprint density at radius 1 is 1.00 bits per heavy atom. The first-order valence-electron chi connectivity index (χ1n) is 9.21. The lowest BCUT2D eigenvalue weighted by Crippen LogP contribution is -2.31. The molecule has 0 aliphatic heterocycles. The van der Waals surface area contributed by atoms with E-state index in [1.807, 2.05) is 49.4 Å². The van der Waals surface area contributed by atoms with Gasteiger partial charge in [-0.3, -0.25) is 4.79 Å². The summed E-state index contributed by atoms with van der Waals surface area (Å²) in [5, 5.41) is 18.8. The van der Waals surface area contributed by atoms with Gasteiger partial charge < -0.3 is 4.74 Å². The van der Waals surface area contributed by atoms with Gasteiger partial charge in [0.1, 0.15) is 17.9 Å². The lowest BCUT2D eigenvalue weighted by molar-refractivity contribution is -0.135. The van der Waals surface area contributed by atoms with E-state index < -0.39 is 11.4 Å². The van der Waals surface area contributed by atoms with Crippen molar-refractivity contribution in [3.05, 3.63) is 77.2 Å². The number of nitrogens with zero attached hydrogens (tertiary/aromatic N) is 4. The topological polar surface area (TPSA) is 99.7 Å². The van der Waals surface area contributed by atoms with Crippen LogP contribution in [0.2, 0.25) is 0 Å². The van der Waals surface area contributed by atoms with Crippen molar-refractivity contribution in [1.82, 2.24) is 9.97 Å². The fourth-order valence-corrected chi connectivity index (χ4v) is 3.91. The maximum absolute atomic E-state index is 12.8. The van der Waals surface area contributed by atoms with Gasteiger partial charge in [0.25, 0.3) is 0 Å². The first-order chi connectivity index (χ1) is 14.1. The van der Waals surface area contributed by atoms with Crippen molar-refractivity contribution in [2.24, 2.45) is 0 Å². The molecule has 6 nitrogen and oxygen atoms in total. The van der Waals surface area contributed by atoms with Gasteiger partial charge in [-0.15, -0.1) is 0 Å². The Labute approximate surface area is 168 Å². The largest absolute Gasteiger partial charge is 0.426 e. The highest BCUT2D eigenvalue weighted by atomic mass is 16.5. The Morgan fingerprint density at radius 3 is 2.34 bits per heavy atom. The molecular weight excluding hydrogens is 364 g/mol. The number of para-hydroxylation sites is 1. The monoisotopic (exact) mass is 380 g/mol. The molecule has 1 aliphatic carbocycles. The number of hydrogen-bond donors (Lipinski definition) is 0. The number of carbonyl (C=O) groups is 1. The second-order valence-corrected chi connectivity index (χ2v) is 6.79. The standard InChI is InChI=1S/C23H16N4O2/c1-2-23(12-20(28)29-15-8-4-3-5-9-15)17-11-7-6-10-16(17)21-22(23)27-19(14-25)18(13-24)26-21/h3-11H,2,12H2,1H3. The smallest absolute Gasteiger partial charge is 0.312 e. The molecule has 1 aromatic heterocycles. The molecule has 2 aromatic carbocycles. The minimum Gasteiger partial charge on any atom is -0.426 e. The summed E-state index contributed by atoms with van der Waals surface area (Å²) in [5.41, 5.74) is 2.00. The summed E-state index contributed by atoms with van der Waals surface area (Å²) in [7, 11) is 0. The molecule has 0 saturated carbocycles. The van der Waals surface area contributed by atoms with Crippen molar-refractivity contribution in [3.63, 3.8) is 0 Å². The molecule has 1 atom stereocenters. The summed E-state index contributed by atoms with van der Waals surface area (Å²) in [6, 6.07) is 20.4. The Balaban J connectivity index is 1.84. The zero-order valence-corrected chi connectivity index (χ0v) is 15.7. The minimum atomic E-state index is -0.773. The fraction of sp³-hybridized carbons (Fsp3) is 0.174. The van der Waals surface area contributed by atoms with Crippen LogP contribution in [0.3, 0.4) is 0 Å². The van der Waals surface area contributed by atoms with Crippen molar-refractivity contribution in [1.29, 1.82) is 10.5 Å². The highest BCUT2D eigenvalue weighted by molar-refractivity contribution is 5.83. The molecule has 3 aromatic rings. The number of nitriles is 2.